The minimum absolute atomic E-state index is 0. The molecule has 3 aliphatic rings. The standard InChI is InChI=1S/C34H48N4O5S.ClH/c1-3-4-20-38-31(39)30(23-33(41)16-6-5-7-17-33)35-32(40)34(38)18-21-37(22-19-34)24-27-12-14-29(15-13-27)36-44(42,43)25-28-10-8-26(2)9-11-28;/h8-15,30,36,41H,3-7,16-25H2,1-2H3,(H,35,40);1H/t30-;/m1./s1. The van der Waals surface area contributed by atoms with Gasteiger partial charge in [0.1, 0.15) is 11.6 Å². The summed E-state index contributed by atoms with van der Waals surface area (Å²) in [7, 11) is -3.54. The molecule has 11 heteroatoms. The molecule has 2 saturated heterocycles. The highest BCUT2D eigenvalue weighted by atomic mass is 35.5. The van der Waals surface area contributed by atoms with Gasteiger partial charge in [0, 0.05) is 38.3 Å². The van der Waals surface area contributed by atoms with Crippen LogP contribution in [0, 0.1) is 6.92 Å². The number of amides is 2. The molecule has 1 atom stereocenters. The quantitative estimate of drug-likeness (QED) is 0.315. The second kappa shape index (κ2) is 14.8. The predicted molar refractivity (Wildman–Crippen MR) is 180 cm³/mol. The van der Waals surface area contributed by atoms with Crippen LogP contribution in [0.1, 0.15) is 87.8 Å². The summed E-state index contributed by atoms with van der Waals surface area (Å²) >= 11 is 0. The third-order valence-corrected chi connectivity index (χ3v) is 11.0. The number of benzene rings is 2. The molecule has 0 unspecified atom stereocenters. The fourth-order valence-corrected chi connectivity index (χ4v) is 8.28. The summed E-state index contributed by atoms with van der Waals surface area (Å²) in [6, 6.07) is 14.2. The van der Waals surface area contributed by atoms with E-state index in [-0.39, 0.29) is 30.0 Å². The molecule has 0 bridgehead atoms. The van der Waals surface area contributed by atoms with E-state index in [2.05, 4.69) is 21.9 Å². The third-order valence-electron chi connectivity index (χ3n) is 9.71. The predicted octanol–water partition coefficient (Wildman–Crippen LogP) is 4.91. The lowest BCUT2D eigenvalue weighted by molar-refractivity contribution is -0.163. The largest absolute Gasteiger partial charge is 0.390 e. The number of nitrogens with zero attached hydrogens (tertiary/aromatic N) is 2. The van der Waals surface area contributed by atoms with Crippen molar-refractivity contribution in [3.05, 3.63) is 65.2 Å². The smallest absolute Gasteiger partial charge is 0.246 e. The molecule has 2 heterocycles. The van der Waals surface area contributed by atoms with Crippen molar-refractivity contribution in [3.63, 3.8) is 0 Å². The van der Waals surface area contributed by atoms with E-state index in [9.17, 15) is 23.1 Å². The molecular weight excluding hydrogens is 612 g/mol. The molecule has 0 radical (unpaired) electrons. The lowest BCUT2D eigenvalue weighted by atomic mass is 9.77. The van der Waals surface area contributed by atoms with Gasteiger partial charge in [-0.15, -0.1) is 12.4 Å². The third kappa shape index (κ3) is 8.58. The Kier molecular flexibility index (Phi) is 11.6. The van der Waals surface area contributed by atoms with E-state index < -0.39 is 27.2 Å². The van der Waals surface area contributed by atoms with Crippen LogP contribution in [-0.4, -0.2) is 72.0 Å². The average molecular weight is 661 g/mol. The number of sulfonamides is 1. The number of unbranched alkanes of at least 4 members (excludes halogenated alkanes) is 1. The Morgan fingerprint density at radius 3 is 2.18 bits per heavy atom. The number of carbonyl (C=O) groups is 2. The molecule has 3 fully saturated rings. The number of hydrogen-bond acceptors (Lipinski definition) is 6. The summed E-state index contributed by atoms with van der Waals surface area (Å²) in [5.41, 5.74) is 1.66. The van der Waals surface area contributed by atoms with Crippen molar-refractivity contribution in [3.8, 4) is 0 Å². The fourth-order valence-electron chi connectivity index (χ4n) is 7.08. The first kappa shape index (κ1) is 35.2. The first-order valence-electron chi connectivity index (χ1n) is 16.2. The molecule has 1 saturated carbocycles. The highest BCUT2D eigenvalue weighted by Gasteiger charge is 2.54. The number of nitrogens with one attached hydrogen (secondary N) is 2. The van der Waals surface area contributed by atoms with Crippen molar-refractivity contribution in [1.82, 2.24) is 15.1 Å². The molecule has 0 aromatic heterocycles. The molecule has 2 amide bonds. The molecule has 1 aliphatic carbocycles. The summed E-state index contributed by atoms with van der Waals surface area (Å²) < 4.78 is 28.1. The van der Waals surface area contributed by atoms with Crippen molar-refractivity contribution in [2.45, 2.75) is 108 Å². The van der Waals surface area contributed by atoms with Crippen molar-refractivity contribution in [2.75, 3.05) is 24.4 Å². The summed E-state index contributed by atoms with van der Waals surface area (Å²) in [5, 5.41) is 14.2. The molecule has 248 valence electrons. The molecular formula is C34H49ClN4O5S. The highest BCUT2D eigenvalue weighted by molar-refractivity contribution is 7.91. The van der Waals surface area contributed by atoms with E-state index in [1.807, 2.05) is 48.2 Å². The maximum Gasteiger partial charge on any atom is 0.246 e. The van der Waals surface area contributed by atoms with Crippen LogP contribution in [0.25, 0.3) is 0 Å². The van der Waals surface area contributed by atoms with Gasteiger partial charge < -0.3 is 15.3 Å². The van der Waals surface area contributed by atoms with Gasteiger partial charge in [0.15, 0.2) is 0 Å². The van der Waals surface area contributed by atoms with Gasteiger partial charge >= 0.3 is 0 Å². The summed E-state index contributed by atoms with van der Waals surface area (Å²) in [4.78, 5) is 31.7. The molecule has 1 spiro atoms. The summed E-state index contributed by atoms with van der Waals surface area (Å²) in [6.07, 6.45) is 7.55. The number of carbonyl (C=O) groups excluding carboxylic acids is 2. The van der Waals surface area contributed by atoms with Crippen LogP contribution in [0.4, 0.5) is 5.69 Å². The van der Waals surface area contributed by atoms with E-state index in [4.69, 9.17) is 0 Å². The number of anilines is 1. The molecule has 9 nitrogen and oxygen atoms in total. The van der Waals surface area contributed by atoms with Crippen LogP contribution in [0.3, 0.4) is 0 Å². The van der Waals surface area contributed by atoms with Gasteiger partial charge in [0.2, 0.25) is 21.8 Å². The van der Waals surface area contributed by atoms with Gasteiger partial charge in [-0.3, -0.25) is 19.2 Å². The zero-order chi connectivity index (χ0) is 31.4. The van der Waals surface area contributed by atoms with E-state index in [1.165, 1.54) is 0 Å². The van der Waals surface area contributed by atoms with E-state index in [1.54, 1.807) is 12.1 Å². The minimum Gasteiger partial charge on any atom is -0.390 e. The van der Waals surface area contributed by atoms with E-state index in [0.29, 0.717) is 64.0 Å². The van der Waals surface area contributed by atoms with Gasteiger partial charge in [-0.05, 0) is 62.3 Å². The number of aryl methyl sites for hydroxylation is 1. The Bertz CT molecular complexity index is 1400. The van der Waals surface area contributed by atoms with E-state index >= 15 is 0 Å². The normalized spacial score (nSPS) is 21.7. The zero-order valence-corrected chi connectivity index (χ0v) is 28.2. The molecule has 5 rings (SSSR count). The molecule has 2 aliphatic heterocycles. The minimum atomic E-state index is -3.54. The number of piperidine rings is 1. The Labute approximate surface area is 274 Å². The Hall–Kier alpha value is -2.66. The molecule has 45 heavy (non-hydrogen) atoms. The van der Waals surface area contributed by atoms with Gasteiger partial charge in [-0.1, -0.05) is 74.6 Å². The second-order valence-corrected chi connectivity index (χ2v) is 14.9. The summed E-state index contributed by atoms with van der Waals surface area (Å²) in [6.45, 7) is 6.62. The van der Waals surface area contributed by atoms with Crippen molar-refractivity contribution >= 4 is 39.9 Å². The van der Waals surface area contributed by atoms with Crippen LogP contribution >= 0.6 is 12.4 Å². The maximum atomic E-state index is 13.8. The first-order valence-corrected chi connectivity index (χ1v) is 17.9. The number of aliphatic hydroxyl groups is 1. The Morgan fingerprint density at radius 1 is 0.933 bits per heavy atom. The van der Waals surface area contributed by atoms with E-state index in [0.717, 1.165) is 48.8 Å². The lowest BCUT2D eigenvalue weighted by Crippen LogP contribution is -2.73. The average Bonchev–Trinajstić information content (AvgIpc) is 2.99. The van der Waals surface area contributed by atoms with Gasteiger partial charge in [0.05, 0.1) is 11.4 Å². The van der Waals surface area contributed by atoms with Gasteiger partial charge in [-0.2, -0.15) is 0 Å². The van der Waals surface area contributed by atoms with Crippen LogP contribution in [0.5, 0.6) is 0 Å². The molecule has 2 aromatic carbocycles. The van der Waals surface area contributed by atoms with Crippen molar-refractivity contribution in [2.24, 2.45) is 0 Å². The number of likely N-dealkylation sites (tertiary alicyclic amines) is 1. The zero-order valence-electron chi connectivity index (χ0n) is 26.6. The first-order chi connectivity index (χ1) is 21.0. The number of rotatable bonds is 11. The number of piperazine rings is 1. The number of hydrogen-bond donors (Lipinski definition) is 3. The van der Waals surface area contributed by atoms with Gasteiger partial charge in [-0.25, -0.2) is 8.42 Å². The SMILES string of the molecule is CCCCN1C(=O)[C@@H](CC2(O)CCCCC2)NC(=O)C12CCN(Cc1ccc(NS(=O)(=O)Cc3ccc(C)cc3)cc1)CC2.Cl. The monoisotopic (exact) mass is 660 g/mol. The highest BCUT2D eigenvalue weighted by Crippen LogP contribution is 2.37. The van der Waals surface area contributed by atoms with Gasteiger partial charge in [0.25, 0.3) is 0 Å². The fraction of sp³-hybridized carbons (Fsp3) is 0.588. The van der Waals surface area contributed by atoms with Crippen LogP contribution < -0.4 is 10.0 Å². The molecule has 3 N–H and O–H groups in total. The van der Waals surface area contributed by atoms with Crippen molar-refractivity contribution in [1.29, 1.82) is 0 Å². The second-order valence-electron chi connectivity index (χ2n) is 13.2. The molecule has 2 aromatic rings. The lowest BCUT2D eigenvalue weighted by Gasteiger charge is -2.52. The Morgan fingerprint density at radius 2 is 1.56 bits per heavy atom. The topological polar surface area (TPSA) is 119 Å². The maximum absolute atomic E-state index is 13.8. The summed E-state index contributed by atoms with van der Waals surface area (Å²) in [5.74, 6) is -0.220. The van der Waals surface area contributed by atoms with Crippen LogP contribution in [-0.2, 0) is 31.9 Å². The number of halogens is 1. The van der Waals surface area contributed by atoms with Crippen LogP contribution in [0.15, 0.2) is 48.5 Å². The van der Waals surface area contributed by atoms with Crippen molar-refractivity contribution < 1.29 is 23.1 Å². The van der Waals surface area contributed by atoms with Crippen LogP contribution in [0.2, 0.25) is 0 Å². The Balaban J connectivity index is 0.00000461.